The molecule has 0 radical (unpaired) electrons. The summed E-state index contributed by atoms with van der Waals surface area (Å²) in [7, 11) is 0. The molecule has 78 valence electrons. The van der Waals surface area contributed by atoms with Gasteiger partial charge in [-0.3, -0.25) is 0 Å². The lowest BCUT2D eigenvalue weighted by atomic mass is 9.81. The van der Waals surface area contributed by atoms with Crippen LogP contribution in [0.25, 0.3) is 0 Å². The minimum Gasteiger partial charge on any atom is -0.380 e. The molecule has 1 aromatic heterocycles. The third-order valence-corrected chi connectivity index (χ3v) is 3.74. The Morgan fingerprint density at radius 3 is 2.57 bits per heavy atom. The molecule has 1 aliphatic carbocycles. The van der Waals surface area contributed by atoms with Crippen LogP contribution in [0.15, 0.2) is 4.52 Å². The minimum atomic E-state index is 0.0989. The molecule has 2 rings (SSSR count). The average molecular weight is 215 g/mol. The molecule has 0 atom stereocenters. The lowest BCUT2D eigenvalue weighted by Gasteiger charge is -2.23. The van der Waals surface area contributed by atoms with E-state index in [2.05, 4.69) is 12.1 Å². The zero-order valence-electron chi connectivity index (χ0n) is 8.35. The van der Waals surface area contributed by atoms with Gasteiger partial charge in [0.15, 0.2) is 11.6 Å². The molecule has 0 aromatic carbocycles. The third-order valence-electron chi connectivity index (χ3n) is 3.38. The maximum Gasteiger partial charge on any atom is 0.186 e. The Morgan fingerprint density at radius 2 is 2.14 bits per heavy atom. The first kappa shape index (κ1) is 9.84. The molecular weight excluding hydrogens is 200 g/mol. The SMILES string of the molecule is CCC1(c2onc(N)c2Cl)CCCC1. The van der Waals surface area contributed by atoms with Crippen molar-refractivity contribution in [3.05, 3.63) is 10.8 Å². The van der Waals surface area contributed by atoms with Crippen LogP contribution in [0, 0.1) is 0 Å². The van der Waals surface area contributed by atoms with Crippen LogP contribution in [0.3, 0.4) is 0 Å². The van der Waals surface area contributed by atoms with Gasteiger partial charge in [-0.05, 0) is 19.3 Å². The molecule has 14 heavy (non-hydrogen) atoms. The van der Waals surface area contributed by atoms with Crippen LogP contribution in [0.4, 0.5) is 5.82 Å². The van der Waals surface area contributed by atoms with E-state index >= 15 is 0 Å². The van der Waals surface area contributed by atoms with Crippen LogP contribution in [-0.2, 0) is 5.41 Å². The molecule has 0 bridgehead atoms. The lowest BCUT2D eigenvalue weighted by molar-refractivity contribution is 0.283. The molecule has 0 spiro atoms. The summed E-state index contributed by atoms with van der Waals surface area (Å²) in [5.74, 6) is 1.12. The number of hydrogen-bond acceptors (Lipinski definition) is 3. The topological polar surface area (TPSA) is 52.0 Å². The second-order valence-electron chi connectivity index (χ2n) is 4.05. The van der Waals surface area contributed by atoms with Gasteiger partial charge in [-0.2, -0.15) is 0 Å². The van der Waals surface area contributed by atoms with Crippen molar-refractivity contribution in [2.75, 3.05) is 5.73 Å². The van der Waals surface area contributed by atoms with E-state index in [0.717, 1.165) is 25.0 Å². The predicted octanol–water partition coefficient (Wildman–Crippen LogP) is 3.13. The first-order valence-corrected chi connectivity index (χ1v) is 5.48. The number of anilines is 1. The molecule has 4 heteroatoms. The molecule has 0 unspecified atom stereocenters. The summed E-state index contributed by atoms with van der Waals surface area (Å²) in [5.41, 5.74) is 5.68. The van der Waals surface area contributed by atoms with Gasteiger partial charge in [0.05, 0.1) is 0 Å². The zero-order valence-corrected chi connectivity index (χ0v) is 9.10. The summed E-state index contributed by atoms with van der Waals surface area (Å²) >= 11 is 6.08. The number of rotatable bonds is 2. The fourth-order valence-electron chi connectivity index (χ4n) is 2.41. The molecule has 0 aliphatic heterocycles. The van der Waals surface area contributed by atoms with E-state index in [1.807, 2.05) is 0 Å². The highest BCUT2D eigenvalue weighted by molar-refractivity contribution is 6.33. The molecule has 2 N–H and O–H groups in total. The summed E-state index contributed by atoms with van der Waals surface area (Å²) < 4.78 is 5.27. The van der Waals surface area contributed by atoms with Crippen LogP contribution in [-0.4, -0.2) is 5.16 Å². The van der Waals surface area contributed by atoms with Gasteiger partial charge in [0.2, 0.25) is 0 Å². The standard InChI is InChI=1S/C10H15ClN2O/c1-2-10(5-3-4-6-10)8-7(11)9(12)13-14-8/h2-6H2,1H3,(H2,12,13). The van der Waals surface area contributed by atoms with Gasteiger partial charge in [0, 0.05) is 5.41 Å². The van der Waals surface area contributed by atoms with E-state index in [1.54, 1.807) is 0 Å². The highest BCUT2D eigenvalue weighted by Gasteiger charge is 2.39. The fraction of sp³-hybridized carbons (Fsp3) is 0.700. The van der Waals surface area contributed by atoms with E-state index < -0.39 is 0 Å². The number of aromatic nitrogens is 1. The number of hydrogen-bond donors (Lipinski definition) is 1. The monoisotopic (exact) mass is 214 g/mol. The zero-order chi connectivity index (χ0) is 10.2. The molecule has 1 aliphatic rings. The number of halogens is 1. The van der Waals surface area contributed by atoms with E-state index in [1.165, 1.54) is 12.8 Å². The predicted molar refractivity (Wildman–Crippen MR) is 56.4 cm³/mol. The van der Waals surface area contributed by atoms with Crippen molar-refractivity contribution in [1.29, 1.82) is 0 Å². The molecule has 0 saturated heterocycles. The van der Waals surface area contributed by atoms with E-state index in [9.17, 15) is 0 Å². The van der Waals surface area contributed by atoms with Crippen molar-refractivity contribution in [2.45, 2.75) is 44.4 Å². The Morgan fingerprint density at radius 1 is 1.50 bits per heavy atom. The second-order valence-corrected chi connectivity index (χ2v) is 4.43. The fourth-order valence-corrected chi connectivity index (χ4v) is 2.68. The molecule has 1 aromatic rings. The quantitative estimate of drug-likeness (QED) is 0.823. The van der Waals surface area contributed by atoms with Crippen molar-refractivity contribution in [3.8, 4) is 0 Å². The number of nitrogens with zero attached hydrogens (tertiary/aromatic N) is 1. The van der Waals surface area contributed by atoms with Crippen molar-refractivity contribution in [3.63, 3.8) is 0 Å². The Bertz CT molecular complexity index is 329. The average Bonchev–Trinajstić information content (AvgIpc) is 2.77. The highest BCUT2D eigenvalue weighted by atomic mass is 35.5. The number of nitrogen functional groups attached to an aromatic ring is 1. The van der Waals surface area contributed by atoms with Gasteiger partial charge in [0.1, 0.15) is 5.02 Å². The van der Waals surface area contributed by atoms with Crippen molar-refractivity contribution in [2.24, 2.45) is 0 Å². The van der Waals surface area contributed by atoms with Crippen molar-refractivity contribution >= 4 is 17.4 Å². The normalized spacial score (nSPS) is 20.1. The van der Waals surface area contributed by atoms with E-state index in [4.69, 9.17) is 21.9 Å². The maximum atomic E-state index is 6.08. The van der Waals surface area contributed by atoms with Crippen LogP contribution >= 0.6 is 11.6 Å². The van der Waals surface area contributed by atoms with Gasteiger partial charge in [-0.25, -0.2) is 0 Å². The van der Waals surface area contributed by atoms with Gasteiger partial charge >= 0.3 is 0 Å². The summed E-state index contributed by atoms with van der Waals surface area (Å²) in [6.45, 7) is 2.17. The Kier molecular flexibility index (Phi) is 2.43. The highest BCUT2D eigenvalue weighted by Crippen LogP contribution is 2.47. The smallest absolute Gasteiger partial charge is 0.186 e. The van der Waals surface area contributed by atoms with E-state index in [0.29, 0.717) is 10.8 Å². The maximum absolute atomic E-state index is 6.08. The third kappa shape index (κ3) is 1.31. The Hall–Kier alpha value is -0.700. The van der Waals surface area contributed by atoms with Crippen LogP contribution in [0.5, 0.6) is 0 Å². The summed E-state index contributed by atoms with van der Waals surface area (Å²) in [6, 6.07) is 0. The van der Waals surface area contributed by atoms with Gasteiger partial charge < -0.3 is 10.3 Å². The Labute approximate surface area is 88.6 Å². The Balaban J connectivity index is 2.40. The summed E-state index contributed by atoms with van der Waals surface area (Å²) in [4.78, 5) is 0. The molecule has 1 fully saturated rings. The summed E-state index contributed by atoms with van der Waals surface area (Å²) in [5, 5.41) is 4.25. The van der Waals surface area contributed by atoms with Crippen molar-refractivity contribution in [1.82, 2.24) is 5.16 Å². The first-order chi connectivity index (χ1) is 6.69. The van der Waals surface area contributed by atoms with Crippen LogP contribution in [0.2, 0.25) is 5.02 Å². The minimum absolute atomic E-state index is 0.0989. The molecular formula is C10H15ClN2O. The summed E-state index contributed by atoms with van der Waals surface area (Å²) in [6.07, 6.45) is 5.80. The number of nitrogens with two attached hydrogens (primary N) is 1. The van der Waals surface area contributed by atoms with Crippen LogP contribution in [0.1, 0.15) is 44.8 Å². The largest absolute Gasteiger partial charge is 0.380 e. The molecule has 3 nitrogen and oxygen atoms in total. The lowest BCUT2D eigenvalue weighted by Crippen LogP contribution is -2.20. The first-order valence-electron chi connectivity index (χ1n) is 5.11. The second kappa shape index (κ2) is 3.46. The molecule has 1 saturated carbocycles. The molecule has 0 amide bonds. The van der Waals surface area contributed by atoms with Crippen LogP contribution < -0.4 is 5.73 Å². The van der Waals surface area contributed by atoms with Crippen molar-refractivity contribution < 1.29 is 4.52 Å². The van der Waals surface area contributed by atoms with Gasteiger partial charge in [-0.1, -0.05) is 36.5 Å². The van der Waals surface area contributed by atoms with Gasteiger partial charge in [0.25, 0.3) is 0 Å². The van der Waals surface area contributed by atoms with Gasteiger partial charge in [-0.15, -0.1) is 0 Å². The molecule has 1 heterocycles. The van der Waals surface area contributed by atoms with E-state index in [-0.39, 0.29) is 5.41 Å².